The summed E-state index contributed by atoms with van der Waals surface area (Å²) >= 11 is 4.90. The lowest BCUT2D eigenvalue weighted by atomic mass is 10.3. The Bertz CT molecular complexity index is 550. The van der Waals surface area contributed by atoms with Crippen molar-refractivity contribution < 1.29 is 9.13 Å². The topological polar surface area (TPSA) is 55.7 Å². The third-order valence-corrected chi connectivity index (χ3v) is 2.21. The van der Waals surface area contributed by atoms with E-state index in [1.165, 1.54) is 16.8 Å². The summed E-state index contributed by atoms with van der Waals surface area (Å²) in [5.74, 6) is -0.235. The van der Waals surface area contributed by atoms with Crippen molar-refractivity contribution in [2.45, 2.75) is 6.92 Å². The molecular weight excluding hydrogens is 231 g/mol. The molecule has 1 aromatic carbocycles. The van der Waals surface area contributed by atoms with E-state index in [-0.39, 0.29) is 10.5 Å². The lowest BCUT2D eigenvalue weighted by Gasteiger charge is -2.06. The minimum atomic E-state index is -0.448. The first-order chi connectivity index (χ1) is 7.72. The van der Waals surface area contributed by atoms with Gasteiger partial charge in [0.15, 0.2) is 11.6 Å². The molecule has 0 spiro atoms. The summed E-state index contributed by atoms with van der Waals surface area (Å²) in [6.07, 6.45) is 0. The molecule has 0 radical (unpaired) electrons. The maximum absolute atomic E-state index is 13.5. The fourth-order valence-electron chi connectivity index (χ4n) is 1.27. The number of ether oxygens (including phenoxy) is 1. The van der Waals surface area contributed by atoms with E-state index in [4.69, 9.17) is 17.0 Å². The maximum atomic E-state index is 13.5. The molecule has 0 aliphatic carbocycles. The van der Waals surface area contributed by atoms with Crippen LogP contribution in [0.5, 0.6) is 5.75 Å². The molecule has 0 aliphatic heterocycles. The highest BCUT2D eigenvalue weighted by molar-refractivity contribution is 7.71. The second kappa shape index (κ2) is 4.40. The molecule has 1 aromatic heterocycles. The van der Waals surface area contributed by atoms with Crippen LogP contribution in [-0.4, -0.2) is 26.8 Å². The predicted octanol–water partition coefficient (Wildman–Crippen LogP) is 1.86. The second-order valence-corrected chi connectivity index (χ2v) is 3.33. The van der Waals surface area contributed by atoms with E-state index in [2.05, 4.69) is 15.5 Å². The van der Waals surface area contributed by atoms with Crippen molar-refractivity contribution in [2.24, 2.45) is 0 Å². The fraction of sp³-hybridized carbons (Fsp3) is 0.222. The van der Waals surface area contributed by atoms with Crippen LogP contribution in [0.4, 0.5) is 4.39 Å². The van der Waals surface area contributed by atoms with E-state index >= 15 is 0 Å². The number of nitrogens with zero attached hydrogens (tertiary/aromatic N) is 3. The normalized spacial score (nSPS) is 10.4. The van der Waals surface area contributed by atoms with Crippen molar-refractivity contribution in [1.82, 2.24) is 20.2 Å². The summed E-state index contributed by atoms with van der Waals surface area (Å²) in [7, 11) is 0. The highest BCUT2D eigenvalue weighted by Gasteiger charge is 2.06. The van der Waals surface area contributed by atoms with Gasteiger partial charge in [0.25, 0.3) is 0 Å². The van der Waals surface area contributed by atoms with Gasteiger partial charge in [0.05, 0.1) is 12.3 Å². The number of halogens is 1. The van der Waals surface area contributed by atoms with Crippen LogP contribution < -0.4 is 4.74 Å². The van der Waals surface area contributed by atoms with Gasteiger partial charge in [0, 0.05) is 6.07 Å². The molecule has 0 amide bonds. The van der Waals surface area contributed by atoms with E-state index in [0.717, 1.165) is 0 Å². The SMILES string of the molecule is CCOc1ccc(-n2[nH]nnc2=S)cc1F. The number of tetrazole rings is 1. The summed E-state index contributed by atoms with van der Waals surface area (Å²) in [5.41, 5.74) is 0.524. The quantitative estimate of drug-likeness (QED) is 0.832. The summed E-state index contributed by atoms with van der Waals surface area (Å²) in [6, 6.07) is 4.52. The lowest BCUT2D eigenvalue weighted by molar-refractivity contribution is 0.321. The molecule has 16 heavy (non-hydrogen) atoms. The highest BCUT2D eigenvalue weighted by atomic mass is 32.1. The Kier molecular flexibility index (Phi) is 2.95. The monoisotopic (exact) mass is 240 g/mol. The van der Waals surface area contributed by atoms with Gasteiger partial charge in [-0.25, -0.2) is 9.07 Å². The van der Waals surface area contributed by atoms with Gasteiger partial charge in [0.2, 0.25) is 4.77 Å². The van der Waals surface area contributed by atoms with Crippen LogP contribution in [0.3, 0.4) is 0 Å². The first-order valence-corrected chi connectivity index (χ1v) is 5.06. The fourth-order valence-corrected chi connectivity index (χ4v) is 1.45. The highest BCUT2D eigenvalue weighted by Crippen LogP contribution is 2.19. The van der Waals surface area contributed by atoms with Crippen molar-refractivity contribution in [2.75, 3.05) is 6.61 Å². The van der Waals surface area contributed by atoms with E-state index < -0.39 is 5.82 Å². The van der Waals surface area contributed by atoms with Gasteiger partial charge in [-0.1, -0.05) is 10.3 Å². The number of aromatic nitrogens is 4. The van der Waals surface area contributed by atoms with Gasteiger partial charge in [-0.2, -0.15) is 5.21 Å². The van der Waals surface area contributed by atoms with Crippen molar-refractivity contribution in [1.29, 1.82) is 0 Å². The summed E-state index contributed by atoms with van der Waals surface area (Å²) in [5, 5.41) is 9.66. The van der Waals surface area contributed by atoms with Gasteiger partial charge in [-0.3, -0.25) is 0 Å². The molecule has 1 heterocycles. The molecule has 1 N–H and O–H groups in total. The Labute approximate surface area is 95.8 Å². The third kappa shape index (κ3) is 1.94. The predicted molar refractivity (Wildman–Crippen MR) is 57.7 cm³/mol. The Morgan fingerprint density at radius 1 is 1.56 bits per heavy atom. The Balaban J connectivity index is 2.42. The molecule has 84 valence electrons. The van der Waals surface area contributed by atoms with Crippen LogP contribution in [0.15, 0.2) is 18.2 Å². The van der Waals surface area contributed by atoms with Crippen LogP contribution in [-0.2, 0) is 0 Å². The molecule has 5 nitrogen and oxygen atoms in total. The second-order valence-electron chi connectivity index (χ2n) is 2.97. The van der Waals surface area contributed by atoms with Crippen molar-refractivity contribution in [3.63, 3.8) is 0 Å². The van der Waals surface area contributed by atoms with Crippen molar-refractivity contribution >= 4 is 12.2 Å². The molecule has 2 rings (SSSR count). The van der Waals surface area contributed by atoms with Crippen LogP contribution in [0.25, 0.3) is 5.69 Å². The zero-order chi connectivity index (χ0) is 11.5. The number of hydrogen-bond donors (Lipinski definition) is 1. The maximum Gasteiger partial charge on any atom is 0.242 e. The van der Waals surface area contributed by atoms with E-state index in [9.17, 15) is 4.39 Å². The van der Waals surface area contributed by atoms with Crippen LogP contribution in [0.1, 0.15) is 6.92 Å². The Hall–Kier alpha value is -1.76. The number of rotatable bonds is 3. The zero-order valence-electron chi connectivity index (χ0n) is 8.48. The molecule has 0 atom stereocenters. The van der Waals surface area contributed by atoms with Gasteiger partial charge >= 0.3 is 0 Å². The van der Waals surface area contributed by atoms with Gasteiger partial charge < -0.3 is 4.74 Å². The first-order valence-electron chi connectivity index (χ1n) is 4.65. The van der Waals surface area contributed by atoms with Crippen LogP contribution in [0, 0.1) is 10.6 Å². The molecule has 0 unspecified atom stereocenters. The number of H-pyrrole nitrogens is 1. The summed E-state index contributed by atoms with van der Waals surface area (Å²) < 4.78 is 20.3. The number of hydrogen-bond acceptors (Lipinski definition) is 4. The number of benzene rings is 1. The average molecular weight is 240 g/mol. The third-order valence-electron chi connectivity index (χ3n) is 1.95. The van der Waals surface area contributed by atoms with Crippen molar-refractivity contribution in [3.8, 4) is 11.4 Å². The van der Waals surface area contributed by atoms with Gasteiger partial charge in [-0.05, 0) is 31.3 Å². The van der Waals surface area contributed by atoms with E-state index in [1.807, 2.05) is 0 Å². The largest absolute Gasteiger partial charge is 0.491 e. The zero-order valence-corrected chi connectivity index (χ0v) is 9.29. The summed E-state index contributed by atoms with van der Waals surface area (Å²) in [6.45, 7) is 2.21. The smallest absolute Gasteiger partial charge is 0.242 e. The number of nitrogens with one attached hydrogen (secondary N) is 1. The summed E-state index contributed by atoms with van der Waals surface area (Å²) in [4.78, 5) is 0. The molecule has 2 aromatic rings. The molecular formula is C9H9FN4OS. The standard InChI is InChI=1S/C9H9FN4OS/c1-2-15-8-4-3-6(5-7(8)10)14-9(16)11-12-13-14/h3-5H,2H2,1H3,(H,11,13,16). The molecule has 0 bridgehead atoms. The van der Waals surface area contributed by atoms with Crippen LogP contribution in [0.2, 0.25) is 0 Å². The van der Waals surface area contributed by atoms with Crippen molar-refractivity contribution in [3.05, 3.63) is 28.8 Å². The van der Waals surface area contributed by atoms with Gasteiger partial charge in [0.1, 0.15) is 0 Å². The molecule has 0 saturated carbocycles. The molecule has 0 aliphatic rings. The Morgan fingerprint density at radius 3 is 2.94 bits per heavy atom. The number of aromatic amines is 1. The first kappa shape index (κ1) is 10.7. The minimum absolute atomic E-state index is 0.213. The Morgan fingerprint density at radius 2 is 2.38 bits per heavy atom. The molecule has 0 saturated heterocycles. The lowest BCUT2D eigenvalue weighted by Crippen LogP contribution is -2.00. The molecule has 7 heteroatoms. The van der Waals surface area contributed by atoms with Crippen LogP contribution >= 0.6 is 12.2 Å². The van der Waals surface area contributed by atoms with E-state index in [1.54, 1.807) is 13.0 Å². The van der Waals surface area contributed by atoms with Gasteiger partial charge in [-0.15, -0.1) is 0 Å². The minimum Gasteiger partial charge on any atom is -0.491 e. The average Bonchev–Trinajstić information content (AvgIpc) is 2.68. The van der Waals surface area contributed by atoms with E-state index in [0.29, 0.717) is 12.3 Å². The molecule has 0 fully saturated rings.